The molecule has 0 aliphatic carbocycles. The van der Waals surface area contributed by atoms with Crippen LogP contribution in [0, 0.1) is 0 Å². The summed E-state index contributed by atoms with van der Waals surface area (Å²) < 4.78 is 49.0. The molecule has 0 aliphatic heterocycles. The minimum atomic E-state index is -3.69. The molecule has 0 bridgehead atoms. The van der Waals surface area contributed by atoms with Gasteiger partial charge in [-0.1, -0.05) is 37.3 Å². The Morgan fingerprint density at radius 2 is 1.52 bits per heavy atom. The largest absolute Gasteiger partial charge is 0.347 e. The van der Waals surface area contributed by atoms with E-state index < -0.39 is 31.8 Å². The third-order valence-corrected chi connectivity index (χ3v) is 6.90. The minimum Gasteiger partial charge on any atom is -0.347 e. The normalized spacial score (nSPS) is 14.1. The highest BCUT2D eigenvalue weighted by atomic mass is 32.2. The van der Waals surface area contributed by atoms with Crippen LogP contribution in [0.3, 0.4) is 0 Å². The third kappa shape index (κ3) is 5.80. The topological polar surface area (TPSA) is 101 Å². The van der Waals surface area contributed by atoms with E-state index in [9.17, 15) is 21.6 Å². The number of carbonyl (C=O) groups is 1. The van der Waals surface area contributed by atoms with E-state index in [1.165, 1.54) is 19.1 Å². The molecule has 0 unspecified atom stereocenters. The molecule has 2 aromatic carbocycles. The molecule has 2 atom stereocenters. The summed E-state index contributed by atoms with van der Waals surface area (Å²) in [6, 6.07) is 13.4. The van der Waals surface area contributed by atoms with Crippen LogP contribution in [0.15, 0.2) is 59.5 Å². The molecule has 0 spiro atoms. The molecular weight excluding hydrogens is 412 g/mol. The van der Waals surface area contributed by atoms with Gasteiger partial charge in [0.05, 0.1) is 22.9 Å². The number of para-hydroxylation sites is 1. The molecule has 0 saturated heterocycles. The maximum atomic E-state index is 12.9. The average Bonchev–Trinajstić information content (AvgIpc) is 2.65. The Bertz CT molecular complexity index is 1050. The smallest absolute Gasteiger partial charge is 0.244 e. The lowest BCUT2D eigenvalue weighted by Crippen LogP contribution is -2.48. The van der Waals surface area contributed by atoms with Gasteiger partial charge in [0.2, 0.25) is 15.9 Å². The summed E-state index contributed by atoms with van der Waals surface area (Å²) in [4.78, 5) is 13.1. The van der Waals surface area contributed by atoms with Gasteiger partial charge in [-0.25, -0.2) is 16.8 Å². The molecule has 1 N–H and O–H groups in total. The zero-order valence-electron chi connectivity index (χ0n) is 16.9. The van der Waals surface area contributed by atoms with Crippen LogP contribution in [0.4, 0.5) is 5.69 Å². The SMILES string of the molecule is CC[C@H](NC(=O)[C@H](C)N(c1ccccc1)S(C)(=O)=O)c1ccc(S(C)(=O)=O)cc1. The van der Waals surface area contributed by atoms with Crippen molar-refractivity contribution in [3.63, 3.8) is 0 Å². The molecule has 0 saturated carbocycles. The quantitative estimate of drug-likeness (QED) is 0.682. The van der Waals surface area contributed by atoms with Gasteiger partial charge >= 0.3 is 0 Å². The highest BCUT2D eigenvalue weighted by Gasteiger charge is 2.30. The van der Waals surface area contributed by atoms with Crippen molar-refractivity contribution in [2.75, 3.05) is 16.8 Å². The molecule has 7 nitrogen and oxygen atoms in total. The van der Waals surface area contributed by atoms with Crippen LogP contribution in [0.5, 0.6) is 0 Å². The second-order valence-corrected chi connectivity index (χ2v) is 10.8. The number of benzene rings is 2. The standard InChI is InChI=1S/C20H26N2O5S2/c1-5-19(16-11-13-18(14-12-16)28(3,24)25)21-20(23)15(2)22(29(4,26)27)17-9-7-6-8-10-17/h6-15,19H,5H2,1-4H3,(H,21,23)/t15-,19-/m0/s1. The minimum absolute atomic E-state index is 0.197. The molecule has 9 heteroatoms. The summed E-state index contributed by atoms with van der Waals surface area (Å²) in [5.74, 6) is -0.446. The summed E-state index contributed by atoms with van der Waals surface area (Å²) in [7, 11) is -6.99. The van der Waals surface area contributed by atoms with Crippen LogP contribution in [0.25, 0.3) is 0 Å². The van der Waals surface area contributed by atoms with Crippen molar-refractivity contribution in [3.05, 3.63) is 60.2 Å². The lowest BCUT2D eigenvalue weighted by atomic mass is 10.0. The molecule has 0 aliphatic rings. The first-order valence-electron chi connectivity index (χ1n) is 9.10. The van der Waals surface area contributed by atoms with E-state index in [1.807, 2.05) is 6.92 Å². The number of carbonyl (C=O) groups excluding carboxylic acids is 1. The molecule has 2 rings (SSSR count). The number of hydrogen-bond donors (Lipinski definition) is 1. The molecule has 29 heavy (non-hydrogen) atoms. The average molecular weight is 439 g/mol. The summed E-state index contributed by atoms with van der Waals surface area (Å²) in [5, 5.41) is 2.87. The Morgan fingerprint density at radius 1 is 0.966 bits per heavy atom. The maximum Gasteiger partial charge on any atom is 0.244 e. The number of hydrogen-bond acceptors (Lipinski definition) is 5. The fourth-order valence-electron chi connectivity index (χ4n) is 3.04. The lowest BCUT2D eigenvalue weighted by molar-refractivity contribution is -0.122. The highest BCUT2D eigenvalue weighted by Crippen LogP contribution is 2.23. The van der Waals surface area contributed by atoms with Gasteiger partial charge in [0.25, 0.3) is 0 Å². The number of sulfonamides is 1. The second kappa shape index (κ2) is 8.96. The summed E-state index contributed by atoms with van der Waals surface area (Å²) >= 11 is 0. The van der Waals surface area contributed by atoms with Crippen molar-refractivity contribution >= 4 is 31.5 Å². The first-order chi connectivity index (χ1) is 13.4. The number of anilines is 1. The van der Waals surface area contributed by atoms with Crippen LogP contribution in [-0.2, 0) is 24.7 Å². The van der Waals surface area contributed by atoms with E-state index in [4.69, 9.17) is 0 Å². The van der Waals surface area contributed by atoms with E-state index in [1.54, 1.807) is 42.5 Å². The van der Waals surface area contributed by atoms with Crippen molar-refractivity contribution < 1.29 is 21.6 Å². The number of sulfone groups is 1. The molecular formula is C20H26N2O5S2. The Morgan fingerprint density at radius 3 is 1.97 bits per heavy atom. The van der Waals surface area contributed by atoms with Crippen LogP contribution < -0.4 is 9.62 Å². The lowest BCUT2D eigenvalue weighted by Gasteiger charge is -2.29. The molecule has 1 amide bonds. The van der Waals surface area contributed by atoms with Crippen LogP contribution in [0.2, 0.25) is 0 Å². The highest BCUT2D eigenvalue weighted by molar-refractivity contribution is 7.92. The van der Waals surface area contributed by atoms with E-state index in [-0.39, 0.29) is 10.9 Å². The Kier molecular flexibility index (Phi) is 7.07. The molecule has 0 aromatic heterocycles. The molecule has 158 valence electrons. The zero-order chi connectivity index (χ0) is 21.8. The van der Waals surface area contributed by atoms with Crippen LogP contribution in [0.1, 0.15) is 31.9 Å². The van der Waals surface area contributed by atoms with Gasteiger partial charge in [-0.05, 0) is 43.2 Å². The number of rotatable bonds is 8. The predicted molar refractivity (Wildman–Crippen MR) is 114 cm³/mol. The van der Waals surface area contributed by atoms with Gasteiger partial charge in [0.1, 0.15) is 6.04 Å². The van der Waals surface area contributed by atoms with Gasteiger partial charge in [-0.15, -0.1) is 0 Å². The van der Waals surface area contributed by atoms with Crippen molar-refractivity contribution in [1.82, 2.24) is 5.32 Å². The molecule has 0 radical (unpaired) electrons. The fourth-order valence-corrected chi connectivity index (χ4v) is 4.85. The number of nitrogens with zero attached hydrogens (tertiary/aromatic N) is 1. The summed E-state index contributed by atoms with van der Waals surface area (Å²) in [6.07, 6.45) is 2.75. The van der Waals surface area contributed by atoms with E-state index in [2.05, 4.69) is 5.32 Å². The Balaban J connectivity index is 2.25. The van der Waals surface area contributed by atoms with E-state index in [0.29, 0.717) is 12.1 Å². The van der Waals surface area contributed by atoms with Crippen molar-refractivity contribution in [2.24, 2.45) is 0 Å². The molecule has 0 fully saturated rings. The molecule has 0 heterocycles. The monoisotopic (exact) mass is 438 g/mol. The van der Waals surface area contributed by atoms with Gasteiger partial charge in [-0.2, -0.15) is 0 Å². The van der Waals surface area contributed by atoms with Crippen LogP contribution in [-0.4, -0.2) is 41.3 Å². The van der Waals surface area contributed by atoms with Crippen molar-refractivity contribution in [1.29, 1.82) is 0 Å². The molecule has 2 aromatic rings. The van der Waals surface area contributed by atoms with Gasteiger partial charge in [0.15, 0.2) is 9.84 Å². The zero-order valence-corrected chi connectivity index (χ0v) is 18.5. The number of nitrogens with one attached hydrogen (secondary N) is 1. The Hall–Kier alpha value is -2.39. The van der Waals surface area contributed by atoms with Crippen LogP contribution >= 0.6 is 0 Å². The van der Waals surface area contributed by atoms with E-state index in [0.717, 1.165) is 22.4 Å². The predicted octanol–water partition coefficient (Wildman–Crippen LogP) is 2.51. The summed E-state index contributed by atoms with van der Waals surface area (Å²) in [5.41, 5.74) is 1.15. The van der Waals surface area contributed by atoms with Gasteiger partial charge in [0, 0.05) is 6.26 Å². The first-order valence-corrected chi connectivity index (χ1v) is 12.8. The Labute approximate surface area is 172 Å². The second-order valence-electron chi connectivity index (χ2n) is 6.88. The maximum absolute atomic E-state index is 12.9. The summed E-state index contributed by atoms with van der Waals surface area (Å²) in [6.45, 7) is 3.41. The van der Waals surface area contributed by atoms with Crippen molar-refractivity contribution in [2.45, 2.75) is 37.2 Å². The van der Waals surface area contributed by atoms with Crippen molar-refractivity contribution in [3.8, 4) is 0 Å². The fraction of sp³-hybridized carbons (Fsp3) is 0.350. The third-order valence-electron chi connectivity index (χ3n) is 4.53. The first kappa shape index (κ1) is 22.9. The van der Waals surface area contributed by atoms with Gasteiger partial charge < -0.3 is 5.32 Å². The number of amides is 1. The van der Waals surface area contributed by atoms with Gasteiger partial charge in [-0.3, -0.25) is 9.10 Å². The van der Waals surface area contributed by atoms with E-state index >= 15 is 0 Å².